The topological polar surface area (TPSA) is 162 Å². The van der Waals surface area contributed by atoms with Crippen molar-refractivity contribution in [1.82, 2.24) is 21.3 Å². The molecule has 7 atom stereocenters. The summed E-state index contributed by atoms with van der Waals surface area (Å²) in [4.78, 5) is 43.5. The van der Waals surface area contributed by atoms with Gasteiger partial charge in [-0.15, -0.1) is 0 Å². The number of hydrogen-bond acceptors (Lipinski definition) is 11. The predicted molar refractivity (Wildman–Crippen MR) is 198 cm³/mol. The molecule has 6 N–H and O–H groups in total. The summed E-state index contributed by atoms with van der Waals surface area (Å²) in [5, 5.41) is 33.8. The van der Waals surface area contributed by atoms with Gasteiger partial charge in [0.1, 0.15) is 11.9 Å². The lowest BCUT2D eigenvalue weighted by atomic mass is 9.66. The number of benzene rings is 1. The Morgan fingerprint density at radius 1 is 1.15 bits per heavy atom. The van der Waals surface area contributed by atoms with Crippen LogP contribution in [0.5, 0.6) is 0 Å². The summed E-state index contributed by atoms with van der Waals surface area (Å²) >= 11 is 0. The van der Waals surface area contributed by atoms with E-state index < -0.39 is 34.8 Å². The van der Waals surface area contributed by atoms with Crippen LogP contribution in [0.4, 0.5) is 0 Å². The molecule has 0 bridgehead atoms. The minimum atomic E-state index is -2.15. The minimum absolute atomic E-state index is 0.0307. The minimum Gasteiger partial charge on any atom is -0.459 e. The van der Waals surface area contributed by atoms with Gasteiger partial charge in [-0.3, -0.25) is 9.59 Å². The largest absolute Gasteiger partial charge is 0.459 e. The van der Waals surface area contributed by atoms with Gasteiger partial charge in [0, 0.05) is 42.7 Å². The number of carbonyl (C=O) groups excluding carboxylic acids is 3. The second kappa shape index (κ2) is 16.6. The quantitative estimate of drug-likeness (QED) is 0.0457. The van der Waals surface area contributed by atoms with Crippen LogP contribution in [0.15, 0.2) is 71.1 Å². The smallest absolute Gasteiger partial charge is 0.350 e. The number of carbonyl (C=O) groups is 3. The second-order valence-electron chi connectivity index (χ2n) is 15.0. The third-order valence-electron chi connectivity index (χ3n) is 11.9. The Morgan fingerprint density at radius 2 is 1.94 bits per heavy atom. The molecule has 0 amide bonds. The maximum Gasteiger partial charge on any atom is 0.350 e. The van der Waals surface area contributed by atoms with Gasteiger partial charge in [0.25, 0.3) is 5.60 Å². The number of fused-ring (bicyclic) bond motifs is 3. The molecule has 3 aliphatic carbocycles. The Kier molecular flexibility index (Phi) is 12.2. The number of ketones is 2. The number of nitrogens with one attached hydrogen (secondary N) is 4. The van der Waals surface area contributed by atoms with Gasteiger partial charge in [0.15, 0.2) is 11.4 Å². The molecule has 2 fully saturated rings. The van der Waals surface area contributed by atoms with Crippen LogP contribution in [0.25, 0.3) is 0 Å². The highest BCUT2D eigenvalue weighted by molar-refractivity contribution is 6.33. The van der Waals surface area contributed by atoms with Gasteiger partial charge in [-0.1, -0.05) is 55.0 Å². The number of dihydropyridines is 1. The first-order chi connectivity index (χ1) is 25.2. The molecule has 0 aromatic heterocycles. The van der Waals surface area contributed by atoms with Gasteiger partial charge in [-0.25, -0.2) is 4.79 Å². The zero-order valence-corrected chi connectivity index (χ0v) is 30.8. The molecule has 5 aliphatic rings. The number of epoxide rings is 1. The van der Waals surface area contributed by atoms with E-state index >= 15 is 0 Å². The molecule has 2 heterocycles. The van der Waals surface area contributed by atoms with Crippen LogP contribution in [0.2, 0.25) is 0 Å². The maximum absolute atomic E-state index is 14.7. The summed E-state index contributed by atoms with van der Waals surface area (Å²) in [6, 6.07) is 6.62. The molecule has 11 heteroatoms. The number of rotatable bonds is 17. The number of esters is 1. The van der Waals surface area contributed by atoms with Crippen molar-refractivity contribution in [3.63, 3.8) is 0 Å². The highest BCUT2D eigenvalue weighted by atomic mass is 16.7. The van der Waals surface area contributed by atoms with E-state index in [4.69, 9.17) is 9.47 Å². The highest BCUT2D eigenvalue weighted by Gasteiger charge is 2.85. The maximum atomic E-state index is 14.7. The van der Waals surface area contributed by atoms with Gasteiger partial charge in [0.05, 0.1) is 13.3 Å². The third kappa shape index (κ3) is 7.30. The van der Waals surface area contributed by atoms with E-state index in [0.29, 0.717) is 56.3 Å². The molecule has 0 unspecified atom stereocenters. The molecule has 1 saturated heterocycles. The average molecular weight is 717 g/mol. The van der Waals surface area contributed by atoms with E-state index in [9.17, 15) is 24.6 Å². The van der Waals surface area contributed by atoms with Crippen LogP contribution in [-0.4, -0.2) is 91.1 Å². The van der Waals surface area contributed by atoms with E-state index in [1.54, 1.807) is 24.3 Å². The Balaban J connectivity index is 1.28. The molecule has 52 heavy (non-hydrogen) atoms. The number of Topliss-reactive ketones (excluding diaryl/α,β-unsaturated/α-hetero) is 2. The standard InChI is InChI=1S/C41H56N4O7/c1-4-43-34-22-29-11-6-5-10-28(29)21-33(34)35(14-9-19-46)51-39(50)41-38(49)32-13-8-7-12-31(32)37(48)40(41,52-41)23-30(24-47)26(2)15-16-27-17-18-44-36(20-27)45-25-42-3/h6-8,11-13,17,20,28-29,33-35,42-47H,4-5,9-10,14-16,18-19,21-25H2,1-3H3/b30-26-/t28-,29+,33-,34+,35-,40-,41-/m0/s1. The van der Waals surface area contributed by atoms with Crippen LogP contribution < -0.4 is 21.3 Å². The van der Waals surface area contributed by atoms with E-state index in [2.05, 4.69) is 52.5 Å². The summed E-state index contributed by atoms with van der Waals surface area (Å²) in [5.74, 6) is -0.0720. The number of hydrogen-bond donors (Lipinski definition) is 6. The molecule has 6 rings (SSSR count). The van der Waals surface area contributed by atoms with Crippen LogP contribution in [0.1, 0.15) is 92.4 Å². The van der Waals surface area contributed by atoms with Crippen molar-refractivity contribution < 1.29 is 34.1 Å². The third-order valence-corrected chi connectivity index (χ3v) is 11.9. The van der Waals surface area contributed by atoms with Crippen molar-refractivity contribution in [2.45, 2.75) is 95.0 Å². The lowest BCUT2D eigenvalue weighted by molar-refractivity contribution is -0.159. The molecule has 1 aromatic carbocycles. The number of aliphatic hydroxyl groups excluding tert-OH is 2. The number of aliphatic hydroxyl groups is 2. The van der Waals surface area contributed by atoms with Crippen LogP contribution in [-0.2, 0) is 14.3 Å². The Morgan fingerprint density at radius 3 is 2.67 bits per heavy atom. The molecule has 1 aromatic rings. The van der Waals surface area contributed by atoms with Gasteiger partial charge in [0.2, 0.25) is 5.78 Å². The van der Waals surface area contributed by atoms with Crippen molar-refractivity contribution >= 4 is 17.5 Å². The van der Waals surface area contributed by atoms with Gasteiger partial charge >= 0.3 is 5.97 Å². The van der Waals surface area contributed by atoms with Crippen molar-refractivity contribution in [3.8, 4) is 0 Å². The molecule has 1 saturated carbocycles. The Bertz CT molecular complexity index is 1630. The SMILES string of the molecule is CCN[C@@H]1C[C@H]2C=CCC[C@H]2C[C@@H]1[C@H](CCCO)OC(=O)[C@]12O[C@@]1(C/C(CO)=C(\C)CCC1=CCNC(NCNC)=C1)C(=O)c1ccccc1C2=O. The normalized spacial score (nSPS) is 30.1. The summed E-state index contributed by atoms with van der Waals surface area (Å²) < 4.78 is 12.7. The predicted octanol–water partition coefficient (Wildman–Crippen LogP) is 3.84. The van der Waals surface area contributed by atoms with Crippen molar-refractivity contribution in [1.29, 1.82) is 0 Å². The summed E-state index contributed by atoms with van der Waals surface area (Å²) in [5.41, 5.74) is -1.04. The van der Waals surface area contributed by atoms with Crippen LogP contribution >= 0.6 is 0 Å². The molecule has 0 spiro atoms. The summed E-state index contributed by atoms with van der Waals surface area (Å²) in [6.07, 6.45) is 14.1. The van der Waals surface area contributed by atoms with Crippen LogP contribution in [0.3, 0.4) is 0 Å². The Labute approximate surface area is 307 Å². The van der Waals surface area contributed by atoms with E-state index in [-0.39, 0.29) is 42.7 Å². The van der Waals surface area contributed by atoms with E-state index in [1.807, 2.05) is 14.0 Å². The molecular weight excluding hydrogens is 660 g/mol. The van der Waals surface area contributed by atoms with Crippen molar-refractivity contribution in [3.05, 3.63) is 82.2 Å². The van der Waals surface area contributed by atoms with Gasteiger partial charge < -0.3 is 41.0 Å². The number of ether oxygens (including phenoxy) is 2. The zero-order chi connectivity index (χ0) is 36.9. The summed E-state index contributed by atoms with van der Waals surface area (Å²) in [6.45, 7) is 5.66. The van der Waals surface area contributed by atoms with E-state index in [1.165, 1.54) is 0 Å². The second-order valence-corrected chi connectivity index (χ2v) is 15.0. The van der Waals surface area contributed by atoms with Gasteiger partial charge in [-0.2, -0.15) is 0 Å². The Hall–Kier alpha value is -3.61. The molecule has 282 valence electrons. The molecule has 2 aliphatic heterocycles. The lowest BCUT2D eigenvalue weighted by Crippen LogP contribution is -2.54. The molecule has 11 nitrogen and oxygen atoms in total. The first-order valence-corrected chi connectivity index (χ1v) is 19.1. The fraction of sp³-hybridized carbons (Fsp3) is 0.585. The zero-order valence-electron chi connectivity index (χ0n) is 30.8. The number of allylic oxidation sites excluding steroid dienone is 5. The summed E-state index contributed by atoms with van der Waals surface area (Å²) in [7, 11) is 1.87. The fourth-order valence-electron chi connectivity index (χ4n) is 8.99. The monoisotopic (exact) mass is 716 g/mol. The van der Waals surface area contributed by atoms with Gasteiger partial charge in [-0.05, 0) is 101 Å². The van der Waals surface area contributed by atoms with Crippen molar-refractivity contribution in [2.24, 2.45) is 17.8 Å². The molecular formula is C41H56N4O7. The first kappa shape index (κ1) is 38.1. The van der Waals surface area contributed by atoms with Crippen LogP contribution in [0, 0.1) is 17.8 Å². The average Bonchev–Trinajstić information content (AvgIpc) is 3.87. The fourth-order valence-corrected chi connectivity index (χ4v) is 8.99. The highest BCUT2D eigenvalue weighted by Crippen LogP contribution is 2.60. The van der Waals surface area contributed by atoms with E-state index in [0.717, 1.165) is 49.2 Å². The lowest BCUT2D eigenvalue weighted by Gasteiger charge is -2.45. The first-order valence-electron chi connectivity index (χ1n) is 19.1. The molecule has 0 radical (unpaired) electrons. The van der Waals surface area contributed by atoms with Crippen molar-refractivity contribution in [2.75, 3.05) is 40.0 Å².